The van der Waals surface area contributed by atoms with Gasteiger partial charge in [-0.15, -0.1) is 0 Å². The van der Waals surface area contributed by atoms with Crippen molar-refractivity contribution in [3.05, 3.63) is 0 Å². The first-order chi connectivity index (χ1) is 7.16. The van der Waals surface area contributed by atoms with Crippen LogP contribution in [0.4, 0.5) is 4.79 Å². The molecule has 1 saturated carbocycles. The van der Waals surface area contributed by atoms with Gasteiger partial charge in [-0.3, -0.25) is 0 Å². The molecular weight excluding hydrogens is 192 g/mol. The van der Waals surface area contributed by atoms with Gasteiger partial charge in [-0.25, -0.2) is 4.79 Å². The lowest BCUT2D eigenvalue weighted by Gasteiger charge is -2.31. The molecule has 1 amide bonds. The zero-order chi connectivity index (χ0) is 10.8. The number of piperidine rings is 1. The molecule has 0 aromatic carbocycles. The summed E-state index contributed by atoms with van der Waals surface area (Å²) in [5, 5.41) is 8.81. The SMILES string of the molecule is N[C@@H](CC1CCN(C(=O)O)CC1)C1CC1. The van der Waals surface area contributed by atoms with Crippen molar-refractivity contribution in [2.24, 2.45) is 17.6 Å². The van der Waals surface area contributed by atoms with E-state index in [4.69, 9.17) is 10.8 Å². The Labute approximate surface area is 90.4 Å². The minimum absolute atomic E-state index is 0.367. The Bertz CT molecular complexity index is 233. The van der Waals surface area contributed by atoms with Crippen LogP contribution in [-0.4, -0.2) is 35.2 Å². The van der Waals surface area contributed by atoms with E-state index < -0.39 is 6.09 Å². The van der Waals surface area contributed by atoms with Crippen LogP contribution in [0.5, 0.6) is 0 Å². The van der Waals surface area contributed by atoms with E-state index in [0.717, 1.165) is 25.2 Å². The Morgan fingerprint density at radius 2 is 1.93 bits per heavy atom. The Morgan fingerprint density at radius 1 is 1.33 bits per heavy atom. The lowest BCUT2D eigenvalue weighted by Crippen LogP contribution is -2.39. The average molecular weight is 212 g/mol. The molecule has 2 aliphatic rings. The van der Waals surface area contributed by atoms with Gasteiger partial charge in [-0.1, -0.05) is 0 Å². The summed E-state index contributed by atoms with van der Waals surface area (Å²) in [5.41, 5.74) is 6.07. The second-order valence-corrected chi connectivity index (χ2v) is 4.95. The lowest BCUT2D eigenvalue weighted by atomic mass is 9.89. The normalized spacial score (nSPS) is 25.3. The van der Waals surface area contributed by atoms with Crippen LogP contribution < -0.4 is 5.73 Å². The van der Waals surface area contributed by atoms with Gasteiger partial charge in [0, 0.05) is 19.1 Å². The van der Waals surface area contributed by atoms with Crippen molar-refractivity contribution < 1.29 is 9.90 Å². The highest BCUT2D eigenvalue weighted by Crippen LogP contribution is 2.35. The molecule has 1 saturated heterocycles. The van der Waals surface area contributed by atoms with Crippen LogP contribution in [0.25, 0.3) is 0 Å². The van der Waals surface area contributed by atoms with Gasteiger partial charge < -0.3 is 15.7 Å². The van der Waals surface area contributed by atoms with Crippen LogP contribution in [0.3, 0.4) is 0 Å². The Morgan fingerprint density at radius 3 is 2.40 bits per heavy atom. The number of carbonyl (C=O) groups is 1. The molecule has 0 spiro atoms. The Balaban J connectivity index is 1.70. The Kier molecular flexibility index (Phi) is 3.14. The van der Waals surface area contributed by atoms with Crippen LogP contribution in [0.15, 0.2) is 0 Å². The van der Waals surface area contributed by atoms with Crippen LogP contribution in [0, 0.1) is 11.8 Å². The van der Waals surface area contributed by atoms with E-state index in [1.165, 1.54) is 17.7 Å². The molecule has 3 N–H and O–H groups in total. The number of hydrogen-bond acceptors (Lipinski definition) is 2. The van der Waals surface area contributed by atoms with E-state index in [1.54, 1.807) is 0 Å². The maximum absolute atomic E-state index is 10.7. The highest BCUT2D eigenvalue weighted by molar-refractivity contribution is 5.64. The molecule has 0 aromatic heterocycles. The maximum atomic E-state index is 10.7. The molecule has 1 atom stereocenters. The second kappa shape index (κ2) is 4.39. The molecule has 0 radical (unpaired) electrons. The van der Waals surface area contributed by atoms with E-state index >= 15 is 0 Å². The van der Waals surface area contributed by atoms with Crippen molar-refractivity contribution in [3.63, 3.8) is 0 Å². The first kappa shape index (κ1) is 10.7. The molecule has 0 unspecified atom stereocenters. The summed E-state index contributed by atoms with van der Waals surface area (Å²) in [7, 11) is 0. The summed E-state index contributed by atoms with van der Waals surface area (Å²) < 4.78 is 0. The van der Waals surface area contributed by atoms with E-state index in [0.29, 0.717) is 25.0 Å². The van der Waals surface area contributed by atoms with Gasteiger partial charge in [0.1, 0.15) is 0 Å². The molecule has 15 heavy (non-hydrogen) atoms. The zero-order valence-corrected chi connectivity index (χ0v) is 9.06. The third-order valence-electron chi connectivity index (χ3n) is 3.72. The summed E-state index contributed by atoms with van der Waals surface area (Å²) in [6.07, 6.45) is 4.90. The molecule has 1 heterocycles. The molecule has 0 aromatic rings. The van der Waals surface area contributed by atoms with Gasteiger partial charge in [0.15, 0.2) is 0 Å². The number of nitrogens with zero attached hydrogens (tertiary/aromatic N) is 1. The number of hydrogen-bond donors (Lipinski definition) is 2. The molecule has 4 nitrogen and oxygen atoms in total. The second-order valence-electron chi connectivity index (χ2n) is 4.95. The molecule has 86 valence electrons. The highest BCUT2D eigenvalue weighted by atomic mass is 16.4. The highest BCUT2D eigenvalue weighted by Gasteiger charge is 2.31. The number of carboxylic acid groups (broad SMARTS) is 1. The molecule has 2 fully saturated rings. The van der Waals surface area contributed by atoms with Gasteiger partial charge >= 0.3 is 6.09 Å². The summed E-state index contributed by atoms with van der Waals surface area (Å²) in [4.78, 5) is 12.2. The predicted molar refractivity (Wildman–Crippen MR) is 57.6 cm³/mol. The summed E-state index contributed by atoms with van der Waals surface area (Å²) in [5.74, 6) is 1.42. The summed E-state index contributed by atoms with van der Waals surface area (Å²) in [6, 6.07) is 0.367. The Hall–Kier alpha value is -0.770. The molecule has 2 rings (SSSR count). The summed E-state index contributed by atoms with van der Waals surface area (Å²) >= 11 is 0. The standard InChI is InChI=1S/C11H20N2O2/c12-10(9-1-2-9)7-8-3-5-13(6-4-8)11(14)15/h8-10H,1-7,12H2,(H,14,15)/t10-/m0/s1. The minimum Gasteiger partial charge on any atom is -0.465 e. The van der Waals surface area contributed by atoms with Gasteiger partial charge in [0.05, 0.1) is 0 Å². The van der Waals surface area contributed by atoms with Gasteiger partial charge in [-0.2, -0.15) is 0 Å². The van der Waals surface area contributed by atoms with Crippen molar-refractivity contribution in [1.82, 2.24) is 4.90 Å². The number of amides is 1. The number of rotatable bonds is 3. The average Bonchev–Trinajstić information content (AvgIpc) is 3.01. The smallest absolute Gasteiger partial charge is 0.407 e. The first-order valence-electron chi connectivity index (χ1n) is 5.90. The number of likely N-dealkylation sites (tertiary alicyclic amines) is 1. The quantitative estimate of drug-likeness (QED) is 0.745. The van der Waals surface area contributed by atoms with Gasteiger partial charge in [0.2, 0.25) is 0 Å². The molecule has 0 bridgehead atoms. The van der Waals surface area contributed by atoms with Gasteiger partial charge in [-0.05, 0) is 43.9 Å². The fraction of sp³-hybridized carbons (Fsp3) is 0.909. The van der Waals surface area contributed by atoms with Crippen molar-refractivity contribution >= 4 is 6.09 Å². The van der Waals surface area contributed by atoms with Crippen molar-refractivity contribution in [3.8, 4) is 0 Å². The van der Waals surface area contributed by atoms with Crippen molar-refractivity contribution in [2.45, 2.75) is 38.1 Å². The number of nitrogens with two attached hydrogens (primary N) is 1. The fourth-order valence-corrected chi connectivity index (χ4v) is 2.46. The lowest BCUT2D eigenvalue weighted by molar-refractivity contribution is 0.121. The minimum atomic E-state index is -0.778. The molecular formula is C11H20N2O2. The van der Waals surface area contributed by atoms with E-state index in [1.807, 2.05) is 0 Å². The largest absolute Gasteiger partial charge is 0.465 e. The zero-order valence-electron chi connectivity index (χ0n) is 9.06. The van der Waals surface area contributed by atoms with Crippen LogP contribution in [0.2, 0.25) is 0 Å². The van der Waals surface area contributed by atoms with Crippen molar-refractivity contribution in [1.29, 1.82) is 0 Å². The van der Waals surface area contributed by atoms with Crippen LogP contribution in [0.1, 0.15) is 32.1 Å². The predicted octanol–water partition coefficient (Wildman–Crippen LogP) is 1.50. The van der Waals surface area contributed by atoms with E-state index in [2.05, 4.69) is 0 Å². The molecule has 1 aliphatic heterocycles. The van der Waals surface area contributed by atoms with Crippen LogP contribution in [-0.2, 0) is 0 Å². The third-order valence-corrected chi connectivity index (χ3v) is 3.72. The third kappa shape index (κ3) is 2.84. The molecule has 1 aliphatic carbocycles. The maximum Gasteiger partial charge on any atom is 0.407 e. The topological polar surface area (TPSA) is 66.6 Å². The fourth-order valence-electron chi connectivity index (χ4n) is 2.46. The van der Waals surface area contributed by atoms with Crippen molar-refractivity contribution in [2.75, 3.05) is 13.1 Å². The van der Waals surface area contributed by atoms with E-state index in [9.17, 15) is 4.79 Å². The molecule has 4 heteroatoms. The first-order valence-corrected chi connectivity index (χ1v) is 5.90. The monoisotopic (exact) mass is 212 g/mol. The van der Waals surface area contributed by atoms with Gasteiger partial charge in [0.25, 0.3) is 0 Å². The van der Waals surface area contributed by atoms with E-state index in [-0.39, 0.29) is 0 Å². The van der Waals surface area contributed by atoms with Crippen LogP contribution >= 0.6 is 0 Å². The summed E-state index contributed by atoms with van der Waals surface area (Å²) in [6.45, 7) is 1.38.